The molecule has 0 aliphatic carbocycles. The third-order valence-corrected chi connectivity index (χ3v) is 4.83. The molecule has 3 rings (SSSR count). The summed E-state index contributed by atoms with van der Waals surface area (Å²) >= 11 is 0. The van der Waals surface area contributed by atoms with Crippen LogP contribution in [0.5, 0.6) is 11.5 Å². The summed E-state index contributed by atoms with van der Waals surface area (Å²) in [4.78, 5) is 4.36. The van der Waals surface area contributed by atoms with E-state index in [2.05, 4.69) is 64.0 Å². The van der Waals surface area contributed by atoms with Crippen LogP contribution in [0.3, 0.4) is 0 Å². The van der Waals surface area contributed by atoms with Crippen molar-refractivity contribution < 1.29 is 13.9 Å². The van der Waals surface area contributed by atoms with Gasteiger partial charge in [0, 0.05) is 35.7 Å². The first-order valence-electron chi connectivity index (χ1n) is 10.3. The fourth-order valence-corrected chi connectivity index (χ4v) is 3.74. The first-order valence-corrected chi connectivity index (χ1v) is 10.3. The number of furan rings is 1. The van der Waals surface area contributed by atoms with Crippen LogP contribution in [-0.4, -0.2) is 64.3 Å². The Kier molecular flexibility index (Phi) is 7.04. The lowest BCUT2D eigenvalue weighted by Gasteiger charge is -2.17. The van der Waals surface area contributed by atoms with Gasteiger partial charge in [0.25, 0.3) is 0 Å². The molecule has 5 nitrogen and oxygen atoms in total. The highest BCUT2D eigenvalue weighted by atomic mass is 16.5. The molecule has 0 aliphatic heterocycles. The fourth-order valence-electron chi connectivity index (χ4n) is 3.74. The number of ether oxygens (including phenoxy) is 2. The lowest BCUT2D eigenvalue weighted by molar-refractivity contribution is 0.222. The Labute approximate surface area is 174 Å². The molecule has 0 N–H and O–H groups in total. The number of hydrogen-bond acceptors (Lipinski definition) is 5. The Hall–Kier alpha value is -2.24. The van der Waals surface area contributed by atoms with E-state index in [0.29, 0.717) is 25.0 Å². The Morgan fingerprint density at radius 2 is 1.14 bits per heavy atom. The summed E-state index contributed by atoms with van der Waals surface area (Å²) in [6, 6.07) is 12.1. The number of fused-ring (bicyclic) bond motifs is 3. The van der Waals surface area contributed by atoms with Gasteiger partial charge < -0.3 is 23.7 Å². The summed E-state index contributed by atoms with van der Waals surface area (Å²) in [5, 5.41) is 2.12. The van der Waals surface area contributed by atoms with Gasteiger partial charge in [-0.05, 0) is 64.6 Å². The topological polar surface area (TPSA) is 38.1 Å². The second-order valence-electron chi connectivity index (χ2n) is 8.77. The average molecular weight is 399 g/mol. The Bertz CT molecular complexity index is 858. The fraction of sp³-hybridized carbons (Fsp3) is 0.500. The van der Waals surface area contributed by atoms with Crippen molar-refractivity contribution in [1.82, 2.24) is 9.80 Å². The molecular weight excluding hydrogens is 364 g/mol. The van der Waals surface area contributed by atoms with Crippen LogP contribution in [0.4, 0.5) is 0 Å². The van der Waals surface area contributed by atoms with Gasteiger partial charge in [-0.15, -0.1) is 0 Å². The molecule has 0 saturated carbocycles. The smallest absolute Gasteiger partial charge is 0.135 e. The minimum absolute atomic E-state index is 0.464. The van der Waals surface area contributed by atoms with E-state index in [0.717, 1.165) is 46.5 Å². The van der Waals surface area contributed by atoms with Crippen LogP contribution in [0.1, 0.15) is 13.8 Å². The molecule has 5 heteroatoms. The minimum atomic E-state index is 0.464. The summed E-state index contributed by atoms with van der Waals surface area (Å²) in [6.45, 7) is 7.79. The molecule has 0 aliphatic rings. The van der Waals surface area contributed by atoms with Gasteiger partial charge >= 0.3 is 0 Å². The number of benzene rings is 2. The van der Waals surface area contributed by atoms with E-state index < -0.39 is 0 Å². The van der Waals surface area contributed by atoms with Crippen LogP contribution in [0, 0.1) is 11.8 Å². The highest BCUT2D eigenvalue weighted by molar-refractivity contribution is 6.05. The zero-order valence-corrected chi connectivity index (χ0v) is 18.6. The van der Waals surface area contributed by atoms with Crippen LogP contribution in [0.2, 0.25) is 0 Å². The van der Waals surface area contributed by atoms with E-state index in [-0.39, 0.29) is 0 Å². The van der Waals surface area contributed by atoms with Gasteiger partial charge in [0.15, 0.2) is 0 Å². The average Bonchev–Trinajstić information content (AvgIpc) is 3.01. The van der Waals surface area contributed by atoms with E-state index >= 15 is 0 Å². The molecule has 0 fully saturated rings. The lowest BCUT2D eigenvalue weighted by Crippen LogP contribution is -2.24. The number of rotatable bonds is 10. The van der Waals surface area contributed by atoms with Crippen LogP contribution in [0.25, 0.3) is 21.9 Å². The summed E-state index contributed by atoms with van der Waals surface area (Å²) in [6.07, 6.45) is 0. The van der Waals surface area contributed by atoms with Crippen LogP contribution >= 0.6 is 0 Å². The van der Waals surface area contributed by atoms with Crippen molar-refractivity contribution in [3.8, 4) is 11.5 Å². The highest BCUT2D eigenvalue weighted by Gasteiger charge is 2.12. The monoisotopic (exact) mass is 398 g/mol. The van der Waals surface area contributed by atoms with Crippen molar-refractivity contribution in [2.24, 2.45) is 11.8 Å². The first-order chi connectivity index (χ1) is 13.8. The van der Waals surface area contributed by atoms with Gasteiger partial charge in [0.1, 0.15) is 22.7 Å². The molecule has 1 heterocycles. The van der Waals surface area contributed by atoms with Gasteiger partial charge in [-0.1, -0.05) is 13.8 Å². The van der Waals surface area contributed by atoms with Crippen molar-refractivity contribution in [3.63, 3.8) is 0 Å². The second-order valence-corrected chi connectivity index (χ2v) is 8.77. The molecule has 0 saturated heterocycles. The normalized spacial score (nSPS) is 14.1. The first kappa shape index (κ1) is 21.5. The SMILES string of the molecule is CC(COc1ccc2oc3ccc(OCC(C)CN(C)C)cc3c2c1)CN(C)C. The van der Waals surface area contributed by atoms with Crippen LogP contribution in [0.15, 0.2) is 40.8 Å². The van der Waals surface area contributed by atoms with Gasteiger partial charge in [-0.25, -0.2) is 0 Å². The molecule has 29 heavy (non-hydrogen) atoms. The standard InChI is InChI=1S/C24H34N2O3/c1-17(13-25(3)4)15-27-19-7-9-23-21(11-19)22-12-20(8-10-24(22)29-23)28-16-18(2)14-26(5)6/h7-12,17-18H,13-16H2,1-6H3. The zero-order chi connectivity index (χ0) is 21.0. The highest BCUT2D eigenvalue weighted by Crippen LogP contribution is 2.34. The number of nitrogens with zero attached hydrogens (tertiary/aromatic N) is 2. The third-order valence-electron chi connectivity index (χ3n) is 4.83. The Morgan fingerprint density at radius 1 is 0.724 bits per heavy atom. The third kappa shape index (κ3) is 5.87. The van der Waals surface area contributed by atoms with E-state index in [1.165, 1.54) is 0 Å². The summed E-state index contributed by atoms with van der Waals surface area (Å²) in [5.41, 5.74) is 1.73. The second kappa shape index (κ2) is 9.51. The quantitative estimate of drug-likeness (QED) is 0.493. The molecule has 3 aromatic rings. The van der Waals surface area contributed by atoms with E-state index in [1.807, 2.05) is 24.3 Å². The predicted octanol–water partition coefficient (Wildman–Crippen LogP) is 4.74. The van der Waals surface area contributed by atoms with E-state index in [9.17, 15) is 0 Å². The molecule has 0 spiro atoms. The molecular formula is C24H34N2O3. The minimum Gasteiger partial charge on any atom is -0.493 e. The summed E-state index contributed by atoms with van der Waals surface area (Å²) in [7, 11) is 8.34. The van der Waals surface area contributed by atoms with Gasteiger partial charge in [0.05, 0.1) is 13.2 Å². The molecule has 0 amide bonds. The summed E-state index contributed by atoms with van der Waals surface area (Å²) < 4.78 is 18.1. The molecule has 158 valence electrons. The van der Waals surface area contributed by atoms with Crippen molar-refractivity contribution in [2.75, 3.05) is 54.5 Å². The van der Waals surface area contributed by atoms with Crippen molar-refractivity contribution in [1.29, 1.82) is 0 Å². The summed E-state index contributed by atoms with van der Waals surface area (Å²) in [5.74, 6) is 2.67. The van der Waals surface area contributed by atoms with Gasteiger partial charge in [0.2, 0.25) is 0 Å². The molecule has 2 unspecified atom stereocenters. The van der Waals surface area contributed by atoms with Crippen LogP contribution < -0.4 is 9.47 Å². The Balaban J connectivity index is 1.75. The molecule has 0 bridgehead atoms. The molecule has 2 atom stereocenters. The van der Waals surface area contributed by atoms with Gasteiger partial charge in [-0.2, -0.15) is 0 Å². The largest absolute Gasteiger partial charge is 0.493 e. The maximum absolute atomic E-state index is 6.04. The van der Waals surface area contributed by atoms with Crippen LogP contribution in [-0.2, 0) is 0 Å². The van der Waals surface area contributed by atoms with E-state index in [4.69, 9.17) is 13.9 Å². The maximum Gasteiger partial charge on any atom is 0.135 e. The molecule has 1 aromatic heterocycles. The Morgan fingerprint density at radius 3 is 1.52 bits per heavy atom. The molecule has 2 aromatic carbocycles. The van der Waals surface area contributed by atoms with E-state index in [1.54, 1.807) is 0 Å². The zero-order valence-electron chi connectivity index (χ0n) is 18.6. The predicted molar refractivity (Wildman–Crippen MR) is 120 cm³/mol. The number of hydrogen-bond donors (Lipinski definition) is 0. The van der Waals surface area contributed by atoms with Gasteiger partial charge in [-0.3, -0.25) is 0 Å². The van der Waals surface area contributed by atoms with Crippen molar-refractivity contribution >= 4 is 21.9 Å². The maximum atomic E-state index is 6.04. The van der Waals surface area contributed by atoms with Crippen molar-refractivity contribution in [2.45, 2.75) is 13.8 Å². The van der Waals surface area contributed by atoms with Crippen molar-refractivity contribution in [3.05, 3.63) is 36.4 Å². The lowest BCUT2D eigenvalue weighted by atomic mass is 10.1. The molecule has 0 radical (unpaired) electrons.